The summed E-state index contributed by atoms with van der Waals surface area (Å²) in [5.41, 5.74) is 0. The van der Waals surface area contributed by atoms with E-state index in [1.807, 2.05) is 0 Å². The molecule has 11 N–H and O–H groups in total. The van der Waals surface area contributed by atoms with Gasteiger partial charge in [-0.2, -0.15) is 0 Å². The lowest BCUT2D eigenvalue weighted by molar-refractivity contribution is -0.317. The van der Waals surface area contributed by atoms with Crippen molar-refractivity contribution in [3.8, 4) is 12.3 Å². The van der Waals surface area contributed by atoms with E-state index in [1.54, 1.807) is 0 Å². The number of carboxylic acids is 1. The minimum Gasteiger partial charge on any atom is -0.481 e. The van der Waals surface area contributed by atoms with Crippen molar-refractivity contribution in [3.05, 3.63) is 0 Å². The largest absolute Gasteiger partial charge is 0.481 e. The highest BCUT2D eigenvalue weighted by Gasteiger charge is 2.46. The van der Waals surface area contributed by atoms with Gasteiger partial charge in [-0.25, -0.2) is 0 Å². The molecule has 1 saturated heterocycles. The highest BCUT2D eigenvalue weighted by molar-refractivity contribution is 5.77. The molecule has 38 heavy (non-hydrogen) atoms. The minimum absolute atomic E-state index is 0.0679. The molecule has 0 saturated carbocycles. The summed E-state index contributed by atoms with van der Waals surface area (Å²) >= 11 is 0. The van der Waals surface area contributed by atoms with Crippen LogP contribution in [-0.4, -0.2) is 150 Å². The van der Waals surface area contributed by atoms with Crippen molar-refractivity contribution < 1.29 is 74.9 Å². The second-order valence-electron chi connectivity index (χ2n) is 8.82. The van der Waals surface area contributed by atoms with Crippen molar-refractivity contribution in [1.82, 2.24) is 5.32 Å². The van der Waals surface area contributed by atoms with Gasteiger partial charge in [-0.1, -0.05) is 0 Å². The van der Waals surface area contributed by atoms with Gasteiger partial charge in [0.25, 0.3) is 0 Å². The Kier molecular flexibility index (Phi) is 14.5. The minimum atomic E-state index is -2.67. The predicted molar refractivity (Wildman–Crippen MR) is 123 cm³/mol. The number of ether oxygens (including phenoxy) is 3. The maximum atomic E-state index is 11.7. The molecule has 1 amide bonds. The quantitative estimate of drug-likeness (QED) is 0.0453. The second-order valence-corrected chi connectivity index (χ2v) is 8.82. The molecule has 1 fully saturated rings. The number of hydrogen-bond donors (Lipinski definition) is 11. The average Bonchev–Trinajstić information content (AvgIpc) is 2.86. The second kappa shape index (κ2) is 16.2. The van der Waals surface area contributed by atoms with E-state index in [2.05, 4.69) is 11.2 Å². The van der Waals surface area contributed by atoms with Crippen LogP contribution in [0.1, 0.15) is 25.7 Å². The van der Waals surface area contributed by atoms with Crippen LogP contribution in [0.15, 0.2) is 0 Å². The van der Waals surface area contributed by atoms with Crippen molar-refractivity contribution in [2.24, 2.45) is 0 Å². The van der Waals surface area contributed by atoms with Crippen molar-refractivity contribution in [2.75, 3.05) is 26.4 Å². The van der Waals surface area contributed by atoms with E-state index in [1.165, 1.54) is 0 Å². The number of aliphatic carboxylic acids is 1. The third-order valence-electron chi connectivity index (χ3n) is 5.75. The number of terminal acetylenes is 1. The highest BCUT2D eigenvalue weighted by atomic mass is 16.7. The molecule has 16 nitrogen and oxygen atoms in total. The van der Waals surface area contributed by atoms with Crippen LogP contribution in [0.2, 0.25) is 0 Å². The predicted octanol–water partition coefficient (Wildman–Crippen LogP) is -5.65. The van der Waals surface area contributed by atoms with Crippen LogP contribution >= 0.6 is 0 Å². The van der Waals surface area contributed by atoms with Gasteiger partial charge in [0.15, 0.2) is 12.1 Å². The third-order valence-corrected chi connectivity index (χ3v) is 5.75. The zero-order valence-electron chi connectivity index (χ0n) is 20.4. The fourth-order valence-corrected chi connectivity index (χ4v) is 3.65. The van der Waals surface area contributed by atoms with E-state index in [4.69, 9.17) is 30.8 Å². The molecule has 1 aliphatic rings. The monoisotopic (exact) mass is 555 g/mol. The van der Waals surface area contributed by atoms with E-state index in [0.717, 1.165) is 0 Å². The van der Waals surface area contributed by atoms with Crippen LogP contribution in [0.3, 0.4) is 0 Å². The fraction of sp³-hybridized carbons (Fsp3) is 0.818. The lowest BCUT2D eigenvalue weighted by Gasteiger charge is -2.41. The number of carboxylic acid groups (broad SMARTS) is 1. The molecule has 220 valence electrons. The van der Waals surface area contributed by atoms with E-state index < -0.39 is 112 Å². The van der Waals surface area contributed by atoms with Gasteiger partial charge in [0.05, 0.1) is 44.5 Å². The summed E-state index contributed by atoms with van der Waals surface area (Å²) in [6.07, 6.45) is -10.6. The first-order valence-corrected chi connectivity index (χ1v) is 11.7. The van der Waals surface area contributed by atoms with E-state index in [-0.39, 0.29) is 13.0 Å². The van der Waals surface area contributed by atoms with Gasteiger partial charge in [-0.05, 0) is 6.42 Å². The molecule has 1 unspecified atom stereocenters. The first kappa shape index (κ1) is 34.0. The van der Waals surface area contributed by atoms with Crippen LogP contribution in [0.5, 0.6) is 0 Å². The van der Waals surface area contributed by atoms with Gasteiger partial charge in [0.2, 0.25) is 5.91 Å². The molecular formula is C22H37NO15. The molecule has 16 heteroatoms. The third kappa shape index (κ3) is 10.6. The molecule has 1 aliphatic heterocycles. The van der Waals surface area contributed by atoms with Crippen LogP contribution in [0.25, 0.3) is 0 Å². The number of aliphatic hydroxyl groups is 9. The Bertz CT molecular complexity index is 778. The topological polar surface area (TPSA) is 276 Å². The van der Waals surface area contributed by atoms with Crippen molar-refractivity contribution >= 4 is 11.9 Å². The highest BCUT2D eigenvalue weighted by Crippen LogP contribution is 2.27. The molecule has 0 radical (unpaired) electrons. The SMILES string of the molecule is C#CCCO[C@@H]1O[C@H](COC(O)(CC(=O)O)C[C@H](O)[C@H](C[C@H](O)[C@H](O)CO)NC(=O)CO)[C@H](O)[C@H](O)[C@H]1O. The van der Waals surface area contributed by atoms with Crippen molar-refractivity contribution in [1.29, 1.82) is 0 Å². The van der Waals surface area contributed by atoms with Gasteiger partial charge in [0, 0.05) is 12.8 Å². The first-order valence-electron chi connectivity index (χ1n) is 11.7. The van der Waals surface area contributed by atoms with Crippen LogP contribution < -0.4 is 5.32 Å². The zero-order valence-corrected chi connectivity index (χ0v) is 20.4. The number of aliphatic hydroxyl groups excluding tert-OH is 8. The lowest BCUT2D eigenvalue weighted by Crippen LogP contribution is -2.60. The fourth-order valence-electron chi connectivity index (χ4n) is 3.65. The molecular weight excluding hydrogens is 518 g/mol. The summed E-state index contributed by atoms with van der Waals surface area (Å²) in [5, 5.41) is 101. The molecule has 0 aliphatic carbocycles. The summed E-state index contributed by atoms with van der Waals surface area (Å²) in [7, 11) is 0. The van der Waals surface area contributed by atoms with Crippen LogP contribution in [0, 0.1) is 12.3 Å². The van der Waals surface area contributed by atoms with Gasteiger partial charge in [-0.3, -0.25) is 9.59 Å². The molecule has 1 rings (SSSR count). The zero-order chi connectivity index (χ0) is 29.0. The lowest BCUT2D eigenvalue weighted by atomic mass is 9.94. The molecule has 10 atom stereocenters. The van der Waals surface area contributed by atoms with Gasteiger partial charge in [0.1, 0.15) is 37.1 Å². The maximum absolute atomic E-state index is 11.7. The first-order chi connectivity index (χ1) is 17.8. The normalized spacial score (nSPS) is 28.4. The Hall–Kier alpha value is -1.98. The Morgan fingerprint density at radius 2 is 1.71 bits per heavy atom. The summed E-state index contributed by atoms with van der Waals surface area (Å²) in [6.45, 7) is -2.72. The van der Waals surface area contributed by atoms with Gasteiger partial charge < -0.3 is 70.6 Å². The Balaban J connectivity index is 3.02. The number of carbonyl (C=O) groups is 2. The molecule has 1 heterocycles. The van der Waals surface area contributed by atoms with E-state index in [9.17, 15) is 50.4 Å². The number of amides is 1. The number of rotatable bonds is 17. The van der Waals surface area contributed by atoms with Crippen molar-refractivity contribution in [3.63, 3.8) is 0 Å². The molecule has 0 aromatic heterocycles. The summed E-state index contributed by atoms with van der Waals surface area (Å²) < 4.78 is 15.9. The maximum Gasteiger partial charge on any atom is 0.308 e. The summed E-state index contributed by atoms with van der Waals surface area (Å²) in [6, 6.07) is -1.46. The Morgan fingerprint density at radius 1 is 1.05 bits per heavy atom. The number of carbonyl (C=O) groups excluding carboxylic acids is 1. The molecule has 0 aromatic rings. The number of nitrogens with one attached hydrogen (secondary N) is 1. The van der Waals surface area contributed by atoms with Crippen molar-refractivity contribution in [2.45, 2.75) is 86.5 Å². The molecule has 0 aromatic carbocycles. The van der Waals surface area contributed by atoms with Gasteiger partial charge >= 0.3 is 5.97 Å². The molecule has 0 spiro atoms. The number of hydrogen-bond acceptors (Lipinski definition) is 14. The van der Waals surface area contributed by atoms with Crippen LogP contribution in [-0.2, 0) is 23.8 Å². The van der Waals surface area contributed by atoms with E-state index >= 15 is 0 Å². The summed E-state index contributed by atoms with van der Waals surface area (Å²) in [5.74, 6) is -2.97. The van der Waals surface area contributed by atoms with Gasteiger partial charge in [-0.15, -0.1) is 12.3 Å². The van der Waals surface area contributed by atoms with Crippen LogP contribution in [0.4, 0.5) is 0 Å². The Labute approximate surface area is 218 Å². The standard InChI is InChI=1S/C22H37NO15/c1-2-3-4-36-21-20(34)19(33)18(32)15(38-21)10-37-22(35,7-17(30)31)6-13(27)11(23-16(29)9-25)5-12(26)14(28)8-24/h1,11-15,18-21,24-28,32-35H,3-10H2,(H,23,29)(H,30,31)/t11-,12-,13-,14+,15+,18-,19-,20+,21+,22?/m0/s1. The smallest absolute Gasteiger partial charge is 0.308 e. The van der Waals surface area contributed by atoms with E-state index in [0.29, 0.717) is 0 Å². The molecule has 0 bridgehead atoms. The average molecular weight is 556 g/mol. The summed E-state index contributed by atoms with van der Waals surface area (Å²) in [4.78, 5) is 23.1. The Morgan fingerprint density at radius 3 is 2.26 bits per heavy atom.